The topological polar surface area (TPSA) is 0 Å². The molecule has 0 bridgehead atoms. The van der Waals surface area contributed by atoms with Gasteiger partial charge in [0, 0.05) is 0 Å². The van der Waals surface area contributed by atoms with Crippen molar-refractivity contribution in [1.82, 2.24) is 0 Å². The number of rotatable bonds is 1. The van der Waals surface area contributed by atoms with Crippen molar-refractivity contribution in [2.75, 3.05) is 0 Å². The normalized spacial score (nSPS) is 20.9. The summed E-state index contributed by atoms with van der Waals surface area (Å²) in [4.78, 5) is 0. The Labute approximate surface area is 86.0 Å². The standard InChI is InChI=1S/C14H16/c1-3-12-10-14-8-6-4-5-7-13(14)9-11(12)2/h3-4,6-8H,1,5,9-10H2,2H3. The number of allylic oxidation sites excluding steroid dienone is 9. The zero-order valence-corrected chi connectivity index (χ0v) is 8.72. The third-order valence-corrected chi connectivity index (χ3v) is 2.98. The van der Waals surface area contributed by atoms with Crippen molar-refractivity contribution in [3.8, 4) is 0 Å². The highest BCUT2D eigenvalue weighted by molar-refractivity contribution is 5.48. The van der Waals surface area contributed by atoms with E-state index >= 15 is 0 Å². The second-order valence-electron chi connectivity index (χ2n) is 3.95. The van der Waals surface area contributed by atoms with Crippen molar-refractivity contribution in [3.63, 3.8) is 0 Å². The molecule has 2 rings (SSSR count). The first-order valence-corrected chi connectivity index (χ1v) is 5.17. The van der Waals surface area contributed by atoms with Crippen LogP contribution in [0.1, 0.15) is 26.2 Å². The lowest BCUT2D eigenvalue weighted by Crippen LogP contribution is -2.02. The minimum Gasteiger partial charge on any atom is -0.0988 e. The van der Waals surface area contributed by atoms with E-state index in [-0.39, 0.29) is 0 Å². The van der Waals surface area contributed by atoms with Crippen molar-refractivity contribution >= 4 is 0 Å². The van der Waals surface area contributed by atoms with E-state index in [9.17, 15) is 0 Å². The van der Waals surface area contributed by atoms with Gasteiger partial charge in [0.15, 0.2) is 0 Å². The van der Waals surface area contributed by atoms with Crippen LogP contribution in [0.5, 0.6) is 0 Å². The Bertz CT molecular complexity index is 373. The highest BCUT2D eigenvalue weighted by Gasteiger charge is 2.15. The summed E-state index contributed by atoms with van der Waals surface area (Å²) in [5, 5.41) is 0. The van der Waals surface area contributed by atoms with E-state index in [1.807, 2.05) is 6.08 Å². The Hall–Kier alpha value is -1.30. The molecule has 0 atom stereocenters. The van der Waals surface area contributed by atoms with E-state index in [0.717, 1.165) is 19.3 Å². The molecule has 0 heterocycles. The van der Waals surface area contributed by atoms with E-state index < -0.39 is 0 Å². The molecule has 2 aliphatic rings. The molecule has 14 heavy (non-hydrogen) atoms. The molecular weight excluding hydrogens is 168 g/mol. The molecule has 72 valence electrons. The molecule has 0 heteroatoms. The van der Waals surface area contributed by atoms with Gasteiger partial charge in [0.1, 0.15) is 0 Å². The fourth-order valence-electron chi connectivity index (χ4n) is 2.07. The van der Waals surface area contributed by atoms with E-state index in [2.05, 4.69) is 37.8 Å². The van der Waals surface area contributed by atoms with Crippen LogP contribution in [-0.2, 0) is 0 Å². The van der Waals surface area contributed by atoms with Crippen LogP contribution in [0.15, 0.2) is 59.3 Å². The molecule has 0 aliphatic heterocycles. The summed E-state index contributed by atoms with van der Waals surface area (Å²) in [6.45, 7) is 6.09. The molecule has 0 spiro atoms. The molecule has 0 amide bonds. The molecule has 0 saturated heterocycles. The Balaban J connectivity index is 2.38. The number of hydrogen-bond acceptors (Lipinski definition) is 0. The zero-order chi connectivity index (χ0) is 9.97. The SMILES string of the molecule is C=CC1=C(C)CC2=CCC=CC=C2C1. The maximum Gasteiger partial charge on any atom is -0.00237 e. The molecule has 0 aromatic rings. The average Bonchev–Trinajstić information content (AvgIpc) is 2.41. The fraction of sp³-hybridized carbons (Fsp3) is 0.286. The second-order valence-corrected chi connectivity index (χ2v) is 3.95. The van der Waals surface area contributed by atoms with Gasteiger partial charge in [0.25, 0.3) is 0 Å². The number of hydrogen-bond donors (Lipinski definition) is 0. The van der Waals surface area contributed by atoms with Crippen molar-refractivity contribution in [2.24, 2.45) is 0 Å². The molecule has 0 aromatic heterocycles. The third kappa shape index (κ3) is 1.65. The molecule has 0 fully saturated rings. The summed E-state index contributed by atoms with van der Waals surface area (Å²) < 4.78 is 0. The van der Waals surface area contributed by atoms with Gasteiger partial charge in [-0.2, -0.15) is 0 Å². The van der Waals surface area contributed by atoms with Gasteiger partial charge in [0.05, 0.1) is 0 Å². The van der Waals surface area contributed by atoms with E-state index in [1.54, 1.807) is 0 Å². The molecule has 0 saturated carbocycles. The maximum absolute atomic E-state index is 3.87. The Morgan fingerprint density at radius 1 is 1.29 bits per heavy atom. The third-order valence-electron chi connectivity index (χ3n) is 2.98. The molecule has 0 N–H and O–H groups in total. The summed E-state index contributed by atoms with van der Waals surface area (Å²) >= 11 is 0. The van der Waals surface area contributed by atoms with Crippen molar-refractivity contribution in [1.29, 1.82) is 0 Å². The second kappa shape index (κ2) is 3.83. The summed E-state index contributed by atoms with van der Waals surface area (Å²) in [5.74, 6) is 0. The maximum atomic E-state index is 3.87. The van der Waals surface area contributed by atoms with Gasteiger partial charge in [-0.25, -0.2) is 0 Å². The molecule has 0 unspecified atom stereocenters. The monoisotopic (exact) mass is 184 g/mol. The zero-order valence-electron chi connectivity index (χ0n) is 8.72. The van der Waals surface area contributed by atoms with Gasteiger partial charge in [-0.1, -0.05) is 42.5 Å². The van der Waals surface area contributed by atoms with E-state index in [4.69, 9.17) is 0 Å². The Morgan fingerprint density at radius 3 is 2.93 bits per heavy atom. The lowest BCUT2D eigenvalue weighted by atomic mass is 9.84. The Kier molecular flexibility index (Phi) is 2.53. The molecule has 0 nitrogen and oxygen atoms in total. The van der Waals surface area contributed by atoms with Gasteiger partial charge in [-0.3, -0.25) is 0 Å². The van der Waals surface area contributed by atoms with Crippen LogP contribution in [0.25, 0.3) is 0 Å². The lowest BCUT2D eigenvalue weighted by molar-refractivity contribution is 0.963. The predicted molar refractivity (Wildman–Crippen MR) is 62.1 cm³/mol. The lowest BCUT2D eigenvalue weighted by Gasteiger charge is -2.21. The highest BCUT2D eigenvalue weighted by Crippen LogP contribution is 2.34. The average molecular weight is 184 g/mol. The van der Waals surface area contributed by atoms with Gasteiger partial charge in [-0.15, -0.1) is 0 Å². The minimum atomic E-state index is 1.06. The van der Waals surface area contributed by atoms with Gasteiger partial charge in [-0.05, 0) is 42.9 Å². The van der Waals surface area contributed by atoms with Gasteiger partial charge in [0.2, 0.25) is 0 Å². The smallest absolute Gasteiger partial charge is 0.00237 e. The predicted octanol–water partition coefficient (Wildman–Crippen LogP) is 4.10. The summed E-state index contributed by atoms with van der Waals surface area (Å²) in [6.07, 6.45) is 14.2. The largest absolute Gasteiger partial charge is 0.0988 e. The molecule has 0 aromatic carbocycles. The summed E-state index contributed by atoms with van der Waals surface area (Å²) in [5.41, 5.74) is 5.87. The highest BCUT2D eigenvalue weighted by atomic mass is 14.2. The van der Waals surface area contributed by atoms with Crippen molar-refractivity contribution < 1.29 is 0 Å². The van der Waals surface area contributed by atoms with Gasteiger partial charge >= 0.3 is 0 Å². The van der Waals surface area contributed by atoms with E-state index in [1.165, 1.54) is 22.3 Å². The van der Waals surface area contributed by atoms with Gasteiger partial charge < -0.3 is 0 Å². The van der Waals surface area contributed by atoms with Crippen LogP contribution in [-0.4, -0.2) is 0 Å². The minimum absolute atomic E-state index is 1.06. The van der Waals surface area contributed by atoms with Crippen LogP contribution in [0.4, 0.5) is 0 Å². The quantitative estimate of drug-likeness (QED) is 0.575. The van der Waals surface area contributed by atoms with Crippen LogP contribution in [0.2, 0.25) is 0 Å². The van der Waals surface area contributed by atoms with E-state index in [0.29, 0.717) is 0 Å². The fourth-order valence-corrected chi connectivity index (χ4v) is 2.07. The molecular formula is C14H16. The summed E-state index contributed by atoms with van der Waals surface area (Å²) in [6, 6.07) is 0. The summed E-state index contributed by atoms with van der Waals surface area (Å²) in [7, 11) is 0. The first-order valence-electron chi connectivity index (χ1n) is 5.17. The van der Waals surface area contributed by atoms with Crippen LogP contribution < -0.4 is 0 Å². The first kappa shape index (κ1) is 9.26. The van der Waals surface area contributed by atoms with Crippen LogP contribution in [0, 0.1) is 0 Å². The number of fused-ring (bicyclic) bond motifs is 1. The molecule has 0 radical (unpaired) electrons. The Morgan fingerprint density at radius 2 is 2.14 bits per heavy atom. The van der Waals surface area contributed by atoms with Crippen LogP contribution >= 0.6 is 0 Å². The first-order chi connectivity index (χ1) is 6.81. The van der Waals surface area contributed by atoms with Crippen LogP contribution in [0.3, 0.4) is 0 Å². The molecule has 2 aliphatic carbocycles. The van der Waals surface area contributed by atoms with Crippen molar-refractivity contribution in [3.05, 3.63) is 59.3 Å². The van der Waals surface area contributed by atoms with Crippen molar-refractivity contribution in [2.45, 2.75) is 26.2 Å².